The number of carbonyl (C=O) groups is 1. The lowest BCUT2D eigenvalue weighted by molar-refractivity contribution is -0.126. The standard InChI is InChI=1S/C17H18N2O3/c1-21-13-8-6-12(7-9-13)19-16(15(18)17(19)20)11-4-3-5-14(10-11)22-2/h3-10,15-16H,18H2,1-2H3/t15-,16+/m1/s1. The molecule has 2 N–H and O–H groups in total. The van der Waals surface area contributed by atoms with Crippen LogP contribution >= 0.6 is 0 Å². The number of rotatable bonds is 4. The maximum Gasteiger partial charge on any atom is 0.247 e. The first-order valence-corrected chi connectivity index (χ1v) is 7.02. The van der Waals surface area contributed by atoms with Crippen molar-refractivity contribution in [3.8, 4) is 11.5 Å². The van der Waals surface area contributed by atoms with Crippen molar-refractivity contribution in [1.29, 1.82) is 0 Å². The topological polar surface area (TPSA) is 64.8 Å². The van der Waals surface area contributed by atoms with Crippen molar-refractivity contribution in [2.75, 3.05) is 19.1 Å². The number of nitrogens with two attached hydrogens (primary N) is 1. The SMILES string of the molecule is COc1ccc(N2C(=O)[C@H](N)[C@@H]2c2cccc(OC)c2)cc1. The van der Waals surface area contributed by atoms with Crippen LogP contribution in [0, 0.1) is 0 Å². The van der Waals surface area contributed by atoms with Gasteiger partial charge in [-0.1, -0.05) is 12.1 Å². The van der Waals surface area contributed by atoms with E-state index in [1.165, 1.54) is 0 Å². The largest absolute Gasteiger partial charge is 0.497 e. The van der Waals surface area contributed by atoms with E-state index in [4.69, 9.17) is 15.2 Å². The minimum absolute atomic E-state index is 0.0852. The Morgan fingerprint density at radius 3 is 2.32 bits per heavy atom. The molecule has 0 aliphatic carbocycles. The Hall–Kier alpha value is -2.53. The summed E-state index contributed by atoms with van der Waals surface area (Å²) in [5, 5.41) is 0. The van der Waals surface area contributed by atoms with Crippen LogP contribution in [-0.4, -0.2) is 26.2 Å². The van der Waals surface area contributed by atoms with Crippen LogP contribution in [0.5, 0.6) is 11.5 Å². The smallest absolute Gasteiger partial charge is 0.247 e. The second-order valence-electron chi connectivity index (χ2n) is 5.15. The highest BCUT2D eigenvalue weighted by Crippen LogP contribution is 2.39. The molecule has 1 aliphatic rings. The van der Waals surface area contributed by atoms with E-state index >= 15 is 0 Å². The summed E-state index contributed by atoms with van der Waals surface area (Å²) in [5.41, 5.74) is 7.78. The molecule has 0 saturated carbocycles. The Balaban J connectivity index is 1.93. The van der Waals surface area contributed by atoms with Gasteiger partial charge in [-0.2, -0.15) is 0 Å². The first kappa shape index (κ1) is 14.4. The van der Waals surface area contributed by atoms with E-state index in [1.54, 1.807) is 19.1 Å². The van der Waals surface area contributed by atoms with Crippen molar-refractivity contribution < 1.29 is 14.3 Å². The number of nitrogens with zero attached hydrogens (tertiary/aromatic N) is 1. The van der Waals surface area contributed by atoms with Crippen molar-refractivity contribution in [1.82, 2.24) is 0 Å². The predicted octanol–water partition coefficient (Wildman–Crippen LogP) is 2.12. The Morgan fingerprint density at radius 1 is 1.00 bits per heavy atom. The summed E-state index contributed by atoms with van der Waals surface area (Å²) in [6.07, 6.45) is 0. The Morgan fingerprint density at radius 2 is 1.68 bits per heavy atom. The molecule has 114 valence electrons. The molecule has 2 aromatic carbocycles. The molecule has 2 atom stereocenters. The molecule has 5 heteroatoms. The molecule has 5 nitrogen and oxygen atoms in total. The number of carbonyl (C=O) groups excluding carboxylic acids is 1. The molecule has 1 aliphatic heterocycles. The van der Waals surface area contributed by atoms with Crippen LogP contribution in [0.25, 0.3) is 0 Å². The summed E-state index contributed by atoms with van der Waals surface area (Å²) in [4.78, 5) is 13.9. The number of ether oxygens (including phenoxy) is 2. The summed E-state index contributed by atoms with van der Waals surface area (Å²) < 4.78 is 10.4. The monoisotopic (exact) mass is 298 g/mol. The van der Waals surface area contributed by atoms with Gasteiger partial charge in [-0.25, -0.2) is 0 Å². The summed E-state index contributed by atoms with van der Waals surface area (Å²) in [7, 11) is 3.23. The van der Waals surface area contributed by atoms with Gasteiger partial charge >= 0.3 is 0 Å². The maximum atomic E-state index is 12.2. The van der Waals surface area contributed by atoms with Crippen LogP contribution in [0.15, 0.2) is 48.5 Å². The van der Waals surface area contributed by atoms with Gasteiger partial charge in [0.05, 0.1) is 20.3 Å². The lowest BCUT2D eigenvalue weighted by Gasteiger charge is -2.45. The Kier molecular flexibility index (Phi) is 3.73. The minimum atomic E-state index is -0.533. The van der Waals surface area contributed by atoms with Crippen molar-refractivity contribution >= 4 is 11.6 Å². The average Bonchev–Trinajstić information content (AvgIpc) is 2.58. The second-order valence-corrected chi connectivity index (χ2v) is 5.15. The van der Waals surface area contributed by atoms with Crippen LogP contribution in [-0.2, 0) is 4.79 Å². The van der Waals surface area contributed by atoms with Gasteiger partial charge in [-0.15, -0.1) is 0 Å². The fourth-order valence-corrected chi connectivity index (χ4v) is 2.72. The van der Waals surface area contributed by atoms with E-state index in [0.29, 0.717) is 0 Å². The highest BCUT2D eigenvalue weighted by molar-refractivity contribution is 6.05. The second kappa shape index (κ2) is 5.69. The molecule has 0 aromatic heterocycles. The van der Waals surface area contributed by atoms with Crippen LogP contribution in [0.1, 0.15) is 11.6 Å². The van der Waals surface area contributed by atoms with Crippen LogP contribution in [0.2, 0.25) is 0 Å². The quantitative estimate of drug-likeness (QED) is 0.878. The van der Waals surface area contributed by atoms with Gasteiger partial charge in [-0.3, -0.25) is 4.79 Å². The fraction of sp³-hybridized carbons (Fsp3) is 0.235. The van der Waals surface area contributed by atoms with Gasteiger partial charge < -0.3 is 20.1 Å². The van der Waals surface area contributed by atoms with E-state index in [2.05, 4.69) is 0 Å². The molecule has 0 radical (unpaired) electrons. The molecule has 0 unspecified atom stereocenters. The molecule has 3 rings (SSSR count). The number of methoxy groups -OCH3 is 2. The van der Waals surface area contributed by atoms with Gasteiger partial charge in [0.15, 0.2) is 0 Å². The third-order valence-corrected chi connectivity index (χ3v) is 3.93. The van der Waals surface area contributed by atoms with Crippen molar-refractivity contribution in [3.05, 3.63) is 54.1 Å². The number of hydrogen-bond acceptors (Lipinski definition) is 4. The summed E-state index contributed by atoms with van der Waals surface area (Å²) in [6.45, 7) is 0. The number of anilines is 1. The summed E-state index contributed by atoms with van der Waals surface area (Å²) in [6, 6.07) is 14.3. The zero-order valence-electron chi connectivity index (χ0n) is 12.5. The number of hydrogen-bond donors (Lipinski definition) is 1. The molecule has 1 saturated heterocycles. The molecular formula is C17H18N2O3. The lowest BCUT2D eigenvalue weighted by atomic mass is 9.88. The number of amides is 1. The van der Waals surface area contributed by atoms with Gasteiger partial charge in [0.25, 0.3) is 0 Å². The number of β-lactam (4-membered cyclic amide) rings is 1. The van der Waals surface area contributed by atoms with E-state index in [1.807, 2.05) is 48.5 Å². The fourth-order valence-electron chi connectivity index (χ4n) is 2.72. The van der Waals surface area contributed by atoms with Crippen molar-refractivity contribution in [3.63, 3.8) is 0 Å². The first-order chi connectivity index (χ1) is 10.7. The third-order valence-electron chi connectivity index (χ3n) is 3.93. The molecule has 2 aromatic rings. The van der Waals surface area contributed by atoms with E-state index < -0.39 is 6.04 Å². The Bertz CT molecular complexity index is 685. The van der Waals surface area contributed by atoms with Crippen molar-refractivity contribution in [2.45, 2.75) is 12.1 Å². The van der Waals surface area contributed by atoms with Gasteiger partial charge in [0, 0.05) is 5.69 Å². The summed E-state index contributed by atoms with van der Waals surface area (Å²) in [5.74, 6) is 1.41. The average molecular weight is 298 g/mol. The van der Waals surface area contributed by atoms with Crippen LogP contribution < -0.4 is 20.1 Å². The molecule has 0 spiro atoms. The molecule has 1 amide bonds. The van der Waals surface area contributed by atoms with E-state index in [0.717, 1.165) is 22.7 Å². The van der Waals surface area contributed by atoms with E-state index in [9.17, 15) is 4.79 Å². The highest BCUT2D eigenvalue weighted by Gasteiger charge is 2.46. The zero-order valence-corrected chi connectivity index (χ0v) is 12.5. The lowest BCUT2D eigenvalue weighted by Crippen LogP contribution is -2.63. The summed E-state index contributed by atoms with van der Waals surface area (Å²) >= 11 is 0. The zero-order chi connectivity index (χ0) is 15.7. The van der Waals surface area contributed by atoms with Crippen LogP contribution in [0.3, 0.4) is 0 Å². The van der Waals surface area contributed by atoms with Gasteiger partial charge in [-0.05, 0) is 42.0 Å². The molecule has 22 heavy (non-hydrogen) atoms. The molecule has 1 fully saturated rings. The van der Waals surface area contributed by atoms with Crippen molar-refractivity contribution in [2.24, 2.45) is 5.73 Å². The van der Waals surface area contributed by atoms with Gasteiger partial charge in [0.1, 0.15) is 17.5 Å². The first-order valence-electron chi connectivity index (χ1n) is 7.02. The number of benzene rings is 2. The minimum Gasteiger partial charge on any atom is -0.497 e. The third kappa shape index (κ3) is 2.29. The molecule has 0 bridgehead atoms. The molecule has 1 heterocycles. The van der Waals surface area contributed by atoms with E-state index in [-0.39, 0.29) is 11.9 Å². The Labute approximate surface area is 129 Å². The molecular weight excluding hydrogens is 280 g/mol. The maximum absolute atomic E-state index is 12.2. The van der Waals surface area contributed by atoms with Crippen LogP contribution in [0.4, 0.5) is 5.69 Å². The predicted molar refractivity (Wildman–Crippen MR) is 84.2 cm³/mol. The highest BCUT2D eigenvalue weighted by atomic mass is 16.5. The van der Waals surface area contributed by atoms with Gasteiger partial charge in [0.2, 0.25) is 5.91 Å². The normalized spacial score (nSPS) is 20.5.